The Morgan fingerprint density at radius 2 is 1.06 bits per heavy atom. The van der Waals surface area contributed by atoms with Crippen molar-refractivity contribution in [2.45, 2.75) is 44.3 Å². The van der Waals surface area contributed by atoms with Crippen LogP contribution in [0, 0.1) is 0 Å². The van der Waals surface area contributed by atoms with Gasteiger partial charge in [-0.15, -0.1) is 0 Å². The van der Waals surface area contributed by atoms with Gasteiger partial charge in [-0.2, -0.15) is 4.84 Å². The molecule has 0 aliphatic rings. The van der Waals surface area contributed by atoms with E-state index < -0.39 is 11.6 Å². The monoisotopic (exact) mass is 478 g/mol. The number of nitrogens with one attached hydrogen (secondary N) is 2. The van der Waals surface area contributed by atoms with Gasteiger partial charge in [0.25, 0.3) is 0 Å². The minimum Gasteiger partial charge on any atom is -0.282 e. The van der Waals surface area contributed by atoms with E-state index in [1.165, 1.54) is 0 Å². The second kappa shape index (κ2) is 11.3. The molecule has 4 rings (SSSR count). The van der Waals surface area contributed by atoms with Gasteiger partial charge in [-0.25, -0.2) is 0 Å². The van der Waals surface area contributed by atoms with E-state index in [9.17, 15) is 4.79 Å². The summed E-state index contributed by atoms with van der Waals surface area (Å²) in [5.41, 5.74) is 5.91. The molecule has 0 saturated carbocycles. The highest BCUT2D eigenvalue weighted by Crippen LogP contribution is 2.37. The van der Waals surface area contributed by atoms with Crippen molar-refractivity contribution < 1.29 is 9.63 Å². The van der Waals surface area contributed by atoms with Crippen molar-refractivity contribution >= 4 is 5.97 Å². The normalized spacial score (nSPS) is 12.6. The number of hydroxylamine groups is 1. The molecule has 4 nitrogen and oxygen atoms in total. The third kappa shape index (κ3) is 6.09. The standard InChI is InChI=1S/C32H34N2O2/c1-31(2,3)34-36-30(35)29(24-25-16-8-4-9-17-25)33-32(26-18-10-5-11-19-26,27-20-12-6-13-21-27)28-22-14-7-15-23-28/h4-23,29,33-34H,24H2,1-3H3/q+1/t29-/m0/s1. The number of carbonyl (C=O) groups is 1. The van der Waals surface area contributed by atoms with Crippen molar-refractivity contribution in [2.75, 3.05) is 0 Å². The number of benzene rings is 4. The number of hydrogen-bond donors (Lipinski definition) is 2. The summed E-state index contributed by atoms with van der Waals surface area (Å²) in [6.45, 7) is 5.88. The molecule has 0 saturated heterocycles. The van der Waals surface area contributed by atoms with Gasteiger partial charge in [0.1, 0.15) is 0 Å². The number of rotatable bonds is 9. The molecule has 4 heteroatoms. The summed E-state index contributed by atoms with van der Waals surface area (Å²) in [6.07, 6.45) is 0.472. The highest BCUT2D eigenvalue weighted by Gasteiger charge is 2.44. The molecule has 1 radical (unpaired) electrons. The van der Waals surface area contributed by atoms with Crippen molar-refractivity contribution in [3.63, 3.8) is 0 Å². The number of hydrogen-bond acceptors (Lipinski definition) is 4. The van der Waals surface area contributed by atoms with Crippen molar-refractivity contribution in [1.29, 1.82) is 0 Å². The Balaban J connectivity index is 1.86. The molecule has 183 valence electrons. The van der Waals surface area contributed by atoms with Crippen LogP contribution in [0.4, 0.5) is 0 Å². The van der Waals surface area contributed by atoms with E-state index in [1.807, 2.05) is 106 Å². The maximum atomic E-state index is 13.6. The topological polar surface area (TPSA) is 53.2 Å². The first-order chi connectivity index (χ1) is 17.4. The van der Waals surface area contributed by atoms with Gasteiger partial charge in [-0.05, 0) is 48.5 Å². The molecule has 0 aromatic heterocycles. The Morgan fingerprint density at radius 1 is 0.667 bits per heavy atom. The van der Waals surface area contributed by atoms with E-state index in [0.29, 0.717) is 6.42 Å². The highest BCUT2D eigenvalue weighted by molar-refractivity contribution is 5.76. The van der Waals surface area contributed by atoms with Gasteiger partial charge in [0.15, 0.2) is 6.04 Å². The van der Waals surface area contributed by atoms with Crippen LogP contribution < -0.4 is 10.8 Å². The van der Waals surface area contributed by atoms with Crippen LogP contribution >= 0.6 is 0 Å². The minimum absolute atomic E-state index is 0.360. The lowest BCUT2D eigenvalue weighted by molar-refractivity contribution is -0.158. The molecule has 0 aliphatic heterocycles. The fourth-order valence-corrected chi connectivity index (χ4v) is 4.39. The SMILES string of the molecule is CC(C)(C)NOC(=[O+])[C@H](Cc1ccccc1)NC(c1ccccc1)(c1ccccc1)c1ccccc1. The summed E-state index contributed by atoms with van der Waals surface area (Å²) < 4.78 is 0. The Hall–Kier alpha value is -3.73. The fraction of sp³-hybridized carbons (Fsp3) is 0.219. The van der Waals surface area contributed by atoms with Gasteiger partial charge in [0, 0.05) is 6.42 Å². The first-order valence-corrected chi connectivity index (χ1v) is 12.3. The van der Waals surface area contributed by atoms with Crippen LogP contribution in [0.15, 0.2) is 121 Å². The Morgan fingerprint density at radius 3 is 1.44 bits per heavy atom. The summed E-state index contributed by atoms with van der Waals surface area (Å²) in [7, 11) is 0. The van der Waals surface area contributed by atoms with Crippen LogP contribution in [0.5, 0.6) is 0 Å². The molecule has 1 atom stereocenters. The maximum Gasteiger partial charge on any atom is 0.615 e. The van der Waals surface area contributed by atoms with Crippen molar-refractivity contribution in [3.8, 4) is 0 Å². The first kappa shape index (κ1) is 25.4. The van der Waals surface area contributed by atoms with Crippen LogP contribution in [-0.4, -0.2) is 17.6 Å². The minimum atomic E-state index is -0.788. The Kier molecular flexibility index (Phi) is 7.99. The van der Waals surface area contributed by atoms with Crippen molar-refractivity contribution in [2.24, 2.45) is 0 Å². The van der Waals surface area contributed by atoms with Crippen LogP contribution in [0.3, 0.4) is 0 Å². The molecule has 0 fully saturated rings. The predicted molar refractivity (Wildman–Crippen MR) is 145 cm³/mol. The Bertz CT molecular complexity index is 1120. The van der Waals surface area contributed by atoms with Crippen LogP contribution in [0.2, 0.25) is 0 Å². The molecular weight excluding hydrogens is 444 g/mol. The van der Waals surface area contributed by atoms with Crippen LogP contribution in [0.25, 0.3) is 0 Å². The Labute approximate surface area is 214 Å². The third-order valence-electron chi connectivity index (χ3n) is 6.04. The van der Waals surface area contributed by atoms with Gasteiger partial charge in [-0.3, -0.25) is 5.32 Å². The van der Waals surface area contributed by atoms with Crippen molar-refractivity contribution in [3.05, 3.63) is 144 Å². The summed E-state index contributed by atoms with van der Waals surface area (Å²) in [4.78, 5) is 19.3. The highest BCUT2D eigenvalue weighted by atomic mass is 16.7. The van der Waals surface area contributed by atoms with Gasteiger partial charge in [0.05, 0.1) is 15.9 Å². The largest absolute Gasteiger partial charge is 0.615 e. The maximum absolute atomic E-state index is 13.6. The molecule has 2 N–H and O–H groups in total. The van der Waals surface area contributed by atoms with E-state index in [1.54, 1.807) is 0 Å². The molecular formula is C32H34N2O2+. The van der Waals surface area contributed by atoms with E-state index in [-0.39, 0.29) is 11.5 Å². The molecule has 4 aromatic rings. The molecule has 0 aliphatic carbocycles. The zero-order valence-electron chi connectivity index (χ0n) is 21.1. The second-order valence-electron chi connectivity index (χ2n) is 10.0. The first-order valence-electron chi connectivity index (χ1n) is 12.3. The fourth-order valence-electron chi connectivity index (χ4n) is 4.39. The molecule has 0 amide bonds. The molecule has 36 heavy (non-hydrogen) atoms. The second-order valence-corrected chi connectivity index (χ2v) is 10.0. The van der Waals surface area contributed by atoms with Crippen LogP contribution in [-0.2, 0) is 21.6 Å². The summed E-state index contributed by atoms with van der Waals surface area (Å²) in [6, 6.07) is 40.2. The van der Waals surface area contributed by atoms with Crippen molar-refractivity contribution in [1.82, 2.24) is 10.8 Å². The van der Waals surface area contributed by atoms with E-state index in [0.717, 1.165) is 22.3 Å². The molecule has 0 spiro atoms. The van der Waals surface area contributed by atoms with Crippen LogP contribution in [0.1, 0.15) is 43.0 Å². The van der Waals surface area contributed by atoms with Gasteiger partial charge in [0.2, 0.25) is 0 Å². The third-order valence-corrected chi connectivity index (χ3v) is 6.04. The van der Waals surface area contributed by atoms with Gasteiger partial charge in [-0.1, -0.05) is 121 Å². The molecule has 0 heterocycles. The van der Waals surface area contributed by atoms with Gasteiger partial charge >= 0.3 is 5.97 Å². The average molecular weight is 479 g/mol. The van der Waals surface area contributed by atoms with E-state index >= 15 is 0 Å². The molecule has 0 unspecified atom stereocenters. The van der Waals surface area contributed by atoms with E-state index in [4.69, 9.17) is 4.84 Å². The smallest absolute Gasteiger partial charge is 0.282 e. The summed E-state index contributed by atoms with van der Waals surface area (Å²) >= 11 is 0. The lowest BCUT2D eigenvalue weighted by Gasteiger charge is -2.38. The quantitative estimate of drug-likeness (QED) is 0.175. The summed E-state index contributed by atoms with van der Waals surface area (Å²) in [5, 5.41) is 3.79. The lowest BCUT2D eigenvalue weighted by Crippen LogP contribution is -2.55. The summed E-state index contributed by atoms with van der Waals surface area (Å²) in [5.74, 6) is -0.360. The number of carbonyl (C=O) groups excluding carboxylic acids is 1. The van der Waals surface area contributed by atoms with Gasteiger partial charge < -0.3 is 0 Å². The zero-order valence-corrected chi connectivity index (χ0v) is 21.1. The predicted octanol–water partition coefficient (Wildman–Crippen LogP) is 6.03. The molecule has 4 aromatic carbocycles. The average Bonchev–Trinajstić information content (AvgIpc) is 2.91. The zero-order chi connectivity index (χ0) is 25.4. The van der Waals surface area contributed by atoms with E-state index in [2.05, 4.69) is 47.2 Å². The molecule has 0 bridgehead atoms. The lowest BCUT2D eigenvalue weighted by atomic mass is 9.76.